The SMILES string of the molecule is C1CCOC1.CC(=O)Nc1cc2c(cn1)c(C1CC1)nn2-c1cc(OCCO)ccn1. The van der Waals surface area contributed by atoms with E-state index in [0.717, 1.165) is 42.7 Å². The average molecular weight is 425 g/mol. The van der Waals surface area contributed by atoms with E-state index in [1.165, 1.54) is 19.8 Å². The summed E-state index contributed by atoms with van der Waals surface area (Å²) in [5, 5.41) is 17.4. The summed E-state index contributed by atoms with van der Waals surface area (Å²) in [6.07, 6.45) is 8.19. The minimum atomic E-state index is -0.178. The van der Waals surface area contributed by atoms with E-state index in [1.54, 1.807) is 35.3 Å². The number of carbonyl (C=O) groups excluding carboxylic acids is 1. The van der Waals surface area contributed by atoms with E-state index in [4.69, 9.17) is 19.7 Å². The predicted molar refractivity (Wildman–Crippen MR) is 116 cm³/mol. The Morgan fingerprint density at radius 3 is 2.74 bits per heavy atom. The number of hydrogen-bond acceptors (Lipinski definition) is 7. The Hall–Kier alpha value is -3.04. The van der Waals surface area contributed by atoms with Crippen LogP contribution in [0, 0.1) is 0 Å². The third-order valence-electron chi connectivity index (χ3n) is 4.98. The van der Waals surface area contributed by atoms with Gasteiger partial charge in [0.15, 0.2) is 5.82 Å². The number of nitrogens with one attached hydrogen (secondary N) is 1. The molecule has 2 N–H and O–H groups in total. The van der Waals surface area contributed by atoms with Crippen molar-refractivity contribution in [2.75, 3.05) is 31.7 Å². The van der Waals surface area contributed by atoms with Crippen LogP contribution in [0.3, 0.4) is 0 Å². The maximum absolute atomic E-state index is 11.3. The summed E-state index contributed by atoms with van der Waals surface area (Å²) in [5.41, 5.74) is 1.84. The lowest BCUT2D eigenvalue weighted by Gasteiger charge is -2.07. The Labute approximate surface area is 180 Å². The number of nitrogens with zero attached hydrogens (tertiary/aromatic N) is 4. The summed E-state index contributed by atoms with van der Waals surface area (Å²) in [7, 11) is 0. The zero-order chi connectivity index (χ0) is 21.6. The van der Waals surface area contributed by atoms with Crippen LogP contribution in [0.15, 0.2) is 30.6 Å². The Bertz CT molecular complexity index is 1040. The molecule has 2 aliphatic rings. The van der Waals surface area contributed by atoms with Crippen molar-refractivity contribution in [1.82, 2.24) is 19.7 Å². The third-order valence-corrected chi connectivity index (χ3v) is 4.98. The molecule has 1 aliphatic heterocycles. The van der Waals surface area contributed by atoms with Crippen molar-refractivity contribution in [2.45, 2.75) is 38.5 Å². The lowest BCUT2D eigenvalue weighted by atomic mass is 10.2. The highest BCUT2D eigenvalue weighted by molar-refractivity contribution is 5.91. The molecular formula is C22H27N5O4. The van der Waals surface area contributed by atoms with Gasteiger partial charge >= 0.3 is 0 Å². The predicted octanol–water partition coefficient (Wildman–Crippen LogP) is 2.82. The van der Waals surface area contributed by atoms with E-state index in [-0.39, 0.29) is 19.1 Å². The quantitative estimate of drug-likeness (QED) is 0.625. The number of aliphatic hydroxyl groups is 1. The van der Waals surface area contributed by atoms with Gasteiger partial charge in [-0.15, -0.1) is 0 Å². The standard InChI is InChI=1S/C18H19N5O3.C4H8O/c1-11(25)21-16-9-15-14(10-20-16)18(12-2-3-12)22-23(15)17-8-13(4-5-19-17)26-7-6-24;1-2-4-5-3-1/h4-5,8-10,12,24H,2-3,6-7H2,1H3,(H,20,21,25);1-4H2. The Kier molecular flexibility index (Phi) is 6.73. The smallest absolute Gasteiger partial charge is 0.222 e. The van der Waals surface area contributed by atoms with Crippen molar-refractivity contribution in [3.8, 4) is 11.6 Å². The molecule has 31 heavy (non-hydrogen) atoms. The number of pyridine rings is 2. The van der Waals surface area contributed by atoms with Gasteiger partial charge in [-0.1, -0.05) is 0 Å². The summed E-state index contributed by atoms with van der Waals surface area (Å²) < 4.78 is 12.2. The normalized spacial score (nSPS) is 15.4. The Balaban J connectivity index is 0.000000407. The summed E-state index contributed by atoms with van der Waals surface area (Å²) in [5.74, 6) is 1.96. The van der Waals surface area contributed by atoms with E-state index in [1.807, 2.05) is 0 Å². The van der Waals surface area contributed by atoms with Crippen LogP contribution in [0.25, 0.3) is 16.7 Å². The molecule has 0 aromatic carbocycles. The fourth-order valence-corrected chi connectivity index (χ4v) is 3.39. The Morgan fingerprint density at radius 1 is 1.29 bits per heavy atom. The van der Waals surface area contributed by atoms with Crippen LogP contribution in [0.1, 0.15) is 44.2 Å². The number of fused-ring (bicyclic) bond motifs is 1. The number of aromatic nitrogens is 4. The molecule has 1 saturated carbocycles. The van der Waals surface area contributed by atoms with Gasteiger partial charge in [-0.3, -0.25) is 4.79 Å². The zero-order valence-electron chi connectivity index (χ0n) is 17.6. The van der Waals surface area contributed by atoms with Crippen LogP contribution in [0.2, 0.25) is 0 Å². The first-order chi connectivity index (χ1) is 15.2. The number of hydrogen-bond donors (Lipinski definition) is 2. The van der Waals surface area contributed by atoms with E-state index < -0.39 is 0 Å². The topological polar surface area (TPSA) is 111 Å². The molecule has 0 radical (unpaired) electrons. The minimum absolute atomic E-state index is 0.0556. The molecule has 1 saturated heterocycles. The van der Waals surface area contributed by atoms with Gasteiger partial charge in [0.25, 0.3) is 0 Å². The number of aliphatic hydroxyl groups excluding tert-OH is 1. The van der Waals surface area contributed by atoms with Crippen LogP contribution < -0.4 is 10.1 Å². The molecule has 1 aliphatic carbocycles. The van der Waals surface area contributed by atoms with Gasteiger partial charge in [0.2, 0.25) is 5.91 Å². The highest BCUT2D eigenvalue weighted by Gasteiger charge is 2.30. The number of carbonyl (C=O) groups is 1. The second-order valence-corrected chi connectivity index (χ2v) is 7.58. The Morgan fingerprint density at radius 2 is 2.10 bits per heavy atom. The molecule has 3 aromatic rings. The second-order valence-electron chi connectivity index (χ2n) is 7.58. The van der Waals surface area contributed by atoms with Crippen molar-refractivity contribution in [3.63, 3.8) is 0 Å². The molecule has 1 amide bonds. The lowest BCUT2D eigenvalue weighted by Crippen LogP contribution is -2.07. The first-order valence-corrected chi connectivity index (χ1v) is 10.6. The van der Waals surface area contributed by atoms with Crippen molar-refractivity contribution in [2.24, 2.45) is 0 Å². The summed E-state index contributed by atoms with van der Waals surface area (Å²) in [6.45, 7) is 3.61. The molecule has 4 heterocycles. The van der Waals surface area contributed by atoms with Crippen molar-refractivity contribution in [1.29, 1.82) is 0 Å². The fourth-order valence-electron chi connectivity index (χ4n) is 3.39. The van der Waals surface area contributed by atoms with Gasteiger partial charge < -0.3 is 19.9 Å². The van der Waals surface area contributed by atoms with E-state index in [9.17, 15) is 4.79 Å². The molecular weight excluding hydrogens is 398 g/mol. The average Bonchev–Trinajstić information content (AvgIpc) is 3.27. The molecule has 0 bridgehead atoms. The van der Waals surface area contributed by atoms with Crippen LogP contribution >= 0.6 is 0 Å². The van der Waals surface area contributed by atoms with Gasteiger partial charge in [0.05, 0.1) is 17.8 Å². The highest BCUT2D eigenvalue weighted by Crippen LogP contribution is 2.43. The number of ether oxygens (including phenoxy) is 2. The van der Waals surface area contributed by atoms with Gasteiger partial charge in [-0.25, -0.2) is 14.6 Å². The van der Waals surface area contributed by atoms with Crippen molar-refractivity contribution < 1.29 is 19.4 Å². The van der Waals surface area contributed by atoms with Crippen LogP contribution in [0.4, 0.5) is 5.82 Å². The minimum Gasteiger partial charge on any atom is -0.491 e. The molecule has 2 fully saturated rings. The molecule has 3 aromatic heterocycles. The molecule has 0 spiro atoms. The first-order valence-electron chi connectivity index (χ1n) is 10.6. The van der Waals surface area contributed by atoms with Crippen LogP contribution in [0.5, 0.6) is 5.75 Å². The summed E-state index contributed by atoms with van der Waals surface area (Å²) in [6, 6.07) is 5.31. The van der Waals surface area contributed by atoms with Gasteiger partial charge in [-0.05, 0) is 31.7 Å². The monoisotopic (exact) mass is 425 g/mol. The van der Waals surface area contributed by atoms with Gasteiger partial charge in [-0.2, -0.15) is 5.10 Å². The maximum atomic E-state index is 11.3. The van der Waals surface area contributed by atoms with Gasteiger partial charge in [0.1, 0.15) is 18.2 Å². The molecule has 5 rings (SSSR count). The largest absolute Gasteiger partial charge is 0.491 e. The molecule has 164 valence electrons. The summed E-state index contributed by atoms with van der Waals surface area (Å²) >= 11 is 0. The highest BCUT2D eigenvalue weighted by atomic mass is 16.5. The van der Waals surface area contributed by atoms with Crippen molar-refractivity contribution >= 4 is 22.6 Å². The van der Waals surface area contributed by atoms with E-state index >= 15 is 0 Å². The molecule has 0 unspecified atom stereocenters. The number of rotatable bonds is 6. The van der Waals surface area contributed by atoms with Crippen molar-refractivity contribution in [3.05, 3.63) is 36.3 Å². The van der Waals surface area contributed by atoms with E-state index in [2.05, 4.69) is 15.3 Å². The molecule has 0 atom stereocenters. The third kappa shape index (κ3) is 5.36. The van der Waals surface area contributed by atoms with Crippen LogP contribution in [-0.4, -0.2) is 57.2 Å². The first kappa shape index (κ1) is 21.2. The van der Waals surface area contributed by atoms with Gasteiger partial charge in [0, 0.05) is 56.0 Å². The second kappa shape index (κ2) is 9.84. The molecule has 9 nitrogen and oxygen atoms in total. The zero-order valence-corrected chi connectivity index (χ0v) is 17.6. The maximum Gasteiger partial charge on any atom is 0.222 e. The number of amides is 1. The van der Waals surface area contributed by atoms with E-state index in [0.29, 0.717) is 23.3 Å². The fraction of sp³-hybridized carbons (Fsp3) is 0.455. The van der Waals surface area contributed by atoms with Crippen LogP contribution in [-0.2, 0) is 9.53 Å². The molecule has 9 heteroatoms. The number of anilines is 1. The lowest BCUT2D eigenvalue weighted by molar-refractivity contribution is -0.114. The summed E-state index contributed by atoms with van der Waals surface area (Å²) in [4.78, 5) is 20.1.